The van der Waals surface area contributed by atoms with Gasteiger partial charge in [-0.15, -0.1) is 0 Å². The van der Waals surface area contributed by atoms with E-state index in [2.05, 4.69) is 10.1 Å². The molecule has 0 aliphatic carbocycles. The average Bonchev–Trinajstić information content (AvgIpc) is 3.51. The monoisotopic (exact) mass is 526 g/mol. The van der Waals surface area contributed by atoms with Gasteiger partial charge in [0.2, 0.25) is 5.82 Å². The summed E-state index contributed by atoms with van der Waals surface area (Å²) in [7, 11) is 0. The summed E-state index contributed by atoms with van der Waals surface area (Å²) < 4.78 is 91.5. The molecule has 1 saturated heterocycles. The van der Waals surface area contributed by atoms with E-state index < -0.39 is 29.2 Å². The number of guanidine groups is 1. The lowest BCUT2D eigenvalue weighted by atomic mass is 10.1. The fraction of sp³-hybridized carbons (Fsp3) is 0.292. The molecule has 2 heterocycles. The number of nitrogens with zero attached hydrogens (tertiary/aromatic N) is 3. The van der Waals surface area contributed by atoms with Crippen molar-refractivity contribution in [3.8, 4) is 17.1 Å². The normalized spacial score (nSPS) is 16.5. The van der Waals surface area contributed by atoms with Gasteiger partial charge in [0.05, 0.1) is 17.7 Å². The topological polar surface area (TPSA) is 103 Å². The first kappa shape index (κ1) is 26.0. The Kier molecular flexibility index (Phi) is 7.14. The van der Waals surface area contributed by atoms with Crippen molar-refractivity contribution in [2.24, 2.45) is 11.5 Å². The smallest absolute Gasteiger partial charge is 0.419 e. The predicted octanol–water partition coefficient (Wildman–Crippen LogP) is 4.99. The van der Waals surface area contributed by atoms with E-state index in [0.29, 0.717) is 18.5 Å². The lowest BCUT2D eigenvalue weighted by Crippen LogP contribution is -2.35. The molecule has 0 bridgehead atoms. The first-order valence-corrected chi connectivity index (χ1v) is 11.1. The van der Waals surface area contributed by atoms with Crippen molar-refractivity contribution in [1.82, 2.24) is 10.1 Å². The number of hydrogen-bond acceptors (Lipinski definition) is 4. The van der Waals surface area contributed by atoms with Gasteiger partial charge < -0.3 is 9.26 Å². The van der Waals surface area contributed by atoms with Crippen LogP contribution in [0.2, 0.25) is 0 Å². The van der Waals surface area contributed by atoms with Gasteiger partial charge in [-0.05, 0) is 54.8 Å². The van der Waals surface area contributed by atoms with Gasteiger partial charge in [0.25, 0.3) is 5.89 Å². The van der Waals surface area contributed by atoms with Gasteiger partial charge in [-0.3, -0.25) is 16.0 Å². The van der Waals surface area contributed by atoms with E-state index in [0.717, 1.165) is 30.7 Å². The Morgan fingerprint density at radius 3 is 2.43 bits per heavy atom. The summed E-state index contributed by atoms with van der Waals surface area (Å²) in [5.74, 6) is -0.167. The van der Waals surface area contributed by atoms with E-state index in [1.165, 1.54) is 30.4 Å². The van der Waals surface area contributed by atoms with Crippen LogP contribution >= 0.6 is 0 Å². The molecule has 196 valence electrons. The second-order valence-corrected chi connectivity index (χ2v) is 8.27. The molecular formula is C24H22F6N5O2+. The van der Waals surface area contributed by atoms with Crippen LogP contribution in [-0.2, 0) is 12.4 Å². The quantitative estimate of drug-likeness (QED) is 0.267. The Hall–Kier alpha value is -4.03. The number of ether oxygens (including phenoxy) is 1. The minimum atomic E-state index is -4.74. The standard InChI is InChI=1S/C24H21F6N5O2/c25-23(26,27)16-8-5-14(6-9-16)3-2-12-36-19-10-7-15(13-17(19)24(28,29)30)20-33-21(37-34-20)18-4-1-11-35(18)22(31)32/h2-3,5-10,13,18H,1,4,11-12H2,(H3,31,32)/p+1/b3-2-/t18-/m0/s1. The molecule has 0 radical (unpaired) electrons. The maximum atomic E-state index is 13.8. The molecule has 1 aliphatic rings. The van der Waals surface area contributed by atoms with E-state index in [9.17, 15) is 26.3 Å². The van der Waals surface area contributed by atoms with Crippen molar-refractivity contribution in [3.05, 3.63) is 71.1 Å². The molecular weight excluding hydrogens is 504 g/mol. The molecule has 0 saturated carbocycles. The van der Waals surface area contributed by atoms with Crippen LogP contribution in [0.25, 0.3) is 17.5 Å². The van der Waals surface area contributed by atoms with E-state index in [1.54, 1.807) is 4.58 Å². The third-order valence-electron chi connectivity index (χ3n) is 5.74. The van der Waals surface area contributed by atoms with Crippen molar-refractivity contribution in [2.45, 2.75) is 31.2 Å². The first-order chi connectivity index (χ1) is 17.4. The lowest BCUT2D eigenvalue weighted by molar-refractivity contribution is -0.555. The van der Waals surface area contributed by atoms with Crippen molar-refractivity contribution in [2.75, 3.05) is 13.2 Å². The third-order valence-corrected chi connectivity index (χ3v) is 5.74. The van der Waals surface area contributed by atoms with Gasteiger partial charge >= 0.3 is 18.3 Å². The van der Waals surface area contributed by atoms with Gasteiger partial charge in [0.15, 0.2) is 6.04 Å². The van der Waals surface area contributed by atoms with Crippen LogP contribution < -0.4 is 16.2 Å². The molecule has 1 atom stereocenters. The second-order valence-electron chi connectivity index (χ2n) is 8.27. The van der Waals surface area contributed by atoms with Crippen LogP contribution in [0.3, 0.4) is 0 Å². The van der Waals surface area contributed by atoms with Crippen molar-refractivity contribution in [3.63, 3.8) is 0 Å². The van der Waals surface area contributed by atoms with Crippen LogP contribution in [-0.4, -0.2) is 33.8 Å². The minimum absolute atomic E-state index is 0.0308. The van der Waals surface area contributed by atoms with Crippen LogP contribution in [0.5, 0.6) is 5.75 Å². The molecule has 1 fully saturated rings. The molecule has 4 rings (SSSR count). The zero-order chi connectivity index (χ0) is 26.8. The number of hydrogen-bond donors (Lipinski definition) is 2. The Balaban J connectivity index is 1.49. The van der Waals surface area contributed by atoms with E-state index >= 15 is 0 Å². The van der Waals surface area contributed by atoms with Crippen molar-refractivity contribution in [1.29, 1.82) is 0 Å². The molecule has 1 aliphatic heterocycles. The Bertz CT molecular complexity index is 1310. The number of benzene rings is 2. The molecule has 37 heavy (non-hydrogen) atoms. The largest absolute Gasteiger partial charge is 0.489 e. The van der Waals surface area contributed by atoms with E-state index in [-0.39, 0.29) is 35.9 Å². The van der Waals surface area contributed by atoms with Crippen LogP contribution in [0.15, 0.2) is 53.1 Å². The minimum Gasteiger partial charge on any atom is -0.489 e. The summed E-state index contributed by atoms with van der Waals surface area (Å²) in [6.45, 7) is 0.354. The fourth-order valence-electron chi connectivity index (χ4n) is 3.94. The van der Waals surface area contributed by atoms with E-state index in [1.807, 2.05) is 0 Å². The van der Waals surface area contributed by atoms with Crippen LogP contribution in [0.1, 0.15) is 41.5 Å². The van der Waals surface area contributed by atoms with Crippen molar-refractivity contribution >= 4 is 12.0 Å². The lowest BCUT2D eigenvalue weighted by Gasteiger charge is -2.14. The van der Waals surface area contributed by atoms with E-state index in [4.69, 9.17) is 20.7 Å². The summed E-state index contributed by atoms with van der Waals surface area (Å²) in [5.41, 5.74) is 10.0. The zero-order valence-corrected chi connectivity index (χ0v) is 19.2. The third kappa shape index (κ3) is 6.04. The summed E-state index contributed by atoms with van der Waals surface area (Å²) in [6.07, 6.45) is -4.91. The SMILES string of the molecule is NC(N)=[N+]1CCC[C@H]1c1nc(-c2ccc(OC/C=C\c3ccc(C(F)(F)F)cc3)c(C(F)(F)F)c2)no1. The van der Waals surface area contributed by atoms with Crippen LogP contribution in [0.4, 0.5) is 26.3 Å². The maximum Gasteiger partial charge on any atom is 0.419 e. The van der Waals surface area contributed by atoms with Gasteiger partial charge in [0.1, 0.15) is 12.4 Å². The Morgan fingerprint density at radius 1 is 1.05 bits per heavy atom. The molecule has 4 N–H and O–H groups in total. The molecule has 3 aromatic rings. The second kappa shape index (κ2) is 10.1. The van der Waals surface area contributed by atoms with Gasteiger partial charge in [0, 0.05) is 5.56 Å². The summed E-state index contributed by atoms with van der Waals surface area (Å²) in [4.78, 5) is 4.24. The maximum absolute atomic E-state index is 13.8. The van der Waals surface area contributed by atoms with Gasteiger partial charge in [-0.1, -0.05) is 23.4 Å². The highest BCUT2D eigenvalue weighted by molar-refractivity contribution is 5.70. The summed E-state index contributed by atoms with van der Waals surface area (Å²) in [6, 6.07) is 7.35. The Morgan fingerprint density at radius 2 is 1.78 bits per heavy atom. The number of aromatic nitrogens is 2. The molecule has 13 heteroatoms. The summed E-state index contributed by atoms with van der Waals surface area (Å²) >= 11 is 0. The van der Waals surface area contributed by atoms with Crippen LogP contribution in [0, 0.1) is 0 Å². The van der Waals surface area contributed by atoms with Gasteiger partial charge in [-0.2, -0.15) is 31.3 Å². The highest BCUT2D eigenvalue weighted by Gasteiger charge is 2.36. The molecule has 0 spiro atoms. The number of alkyl halides is 6. The number of rotatable bonds is 6. The van der Waals surface area contributed by atoms with Gasteiger partial charge in [-0.25, -0.2) is 0 Å². The molecule has 2 aromatic carbocycles. The average molecular weight is 526 g/mol. The highest BCUT2D eigenvalue weighted by atomic mass is 19.4. The highest BCUT2D eigenvalue weighted by Crippen LogP contribution is 2.39. The molecule has 0 amide bonds. The molecule has 0 unspecified atom stereocenters. The number of nitrogens with two attached hydrogens (primary N) is 2. The molecule has 1 aromatic heterocycles. The predicted molar refractivity (Wildman–Crippen MR) is 121 cm³/mol. The zero-order valence-electron chi connectivity index (χ0n) is 19.2. The number of halogens is 6. The Labute approximate surface area is 207 Å². The first-order valence-electron chi connectivity index (χ1n) is 11.1. The molecule has 7 nitrogen and oxygen atoms in total. The fourth-order valence-corrected chi connectivity index (χ4v) is 3.94. The summed E-state index contributed by atoms with van der Waals surface area (Å²) in [5, 5.41) is 3.81. The van der Waals surface area contributed by atoms with Crippen molar-refractivity contribution < 1.29 is 40.2 Å².